The highest BCUT2D eigenvalue weighted by Crippen LogP contribution is 2.11. The van der Waals surface area contributed by atoms with Gasteiger partial charge >= 0.3 is 0 Å². The number of nitrogens with zero attached hydrogens (tertiary/aromatic N) is 4. The minimum Gasteiger partial charge on any atom is -0.339 e. The molecule has 0 spiro atoms. The van der Waals surface area contributed by atoms with Crippen molar-refractivity contribution in [2.75, 3.05) is 65.4 Å². The first kappa shape index (κ1) is 22.7. The Morgan fingerprint density at radius 3 is 2.22 bits per heavy atom. The van der Waals surface area contributed by atoms with Crippen LogP contribution in [0.1, 0.15) is 16.7 Å². The Hall–Kier alpha value is -2.47. The number of hydrogen-bond acceptors (Lipinski definition) is 4. The lowest BCUT2D eigenvalue weighted by Crippen LogP contribution is -2.53. The first-order valence-corrected chi connectivity index (χ1v) is 11.9. The highest BCUT2D eigenvalue weighted by atomic mass is 16.2. The summed E-state index contributed by atoms with van der Waals surface area (Å²) < 4.78 is 0. The monoisotopic (exact) mass is 432 g/mol. The third kappa shape index (κ3) is 6.76. The predicted octanol–water partition coefficient (Wildman–Crippen LogP) is 2.97. The van der Waals surface area contributed by atoms with Crippen LogP contribution in [-0.2, 0) is 11.3 Å². The van der Waals surface area contributed by atoms with Gasteiger partial charge in [0.2, 0.25) is 5.91 Å². The SMILES string of the molecule is Cc1cccc(CN2CCN(C(=O)CN3CCN(C/C=C/c4ccccc4)CC3)CC2)c1. The highest BCUT2D eigenvalue weighted by Gasteiger charge is 2.24. The maximum absolute atomic E-state index is 12.8. The lowest BCUT2D eigenvalue weighted by Gasteiger charge is -2.37. The van der Waals surface area contributed by atoms with E-state index in [1.807, 2.05) is 6.07 Å². The quantitative estimate of drug-likeness (QED) is 0.673. The summed E-state index contributed by atoms with van der Waals surface area (Å²) in [6.07, 6.45) is 4.43. The molecule has 2 aliphatic rings. The summed E-state index contributed by atoms with van der Waals surface area (Å²) in [5, 5.41) is 0. The maximum Gasteiger partial charge on any atom is 0.236 e. The van der Waals surface area contributed by atoms with Crippen LogP contribution in [0.3, 0.4) is 0 Å². The zero-order valence-electron chi connectivity index (χ0n) is 19.3. The van der Waals surface area contributed by atoms with Crippen molar-refractivity contribution in [3.8, 4) is 0 Å². The van der Waals surface area contributed by atoms with Crippen molar-refractivity contribution in [2.24, 2.45) is 0 Å². The summed E-state index contributed by atoms with van der Waals surface area (Å²) in [7, 11) is 0. The van der Waals surface area contributed by atoms with E-state index in [1.165, 1.54) is 16.7 Å². The summed E-state index contributed by atoms with van der Waals surface area (Å²) in [6, 6.07) is 19.2. The van der Waals surface area contributed by atoms with E-state index in [-0.39, 0.29) is 5.91 Å². The number of aryl methyl sites for hydroxylation is 1. The molecule has 0 aliphatic carbocycles. The third-order valence-corrected chi connectivity index (χ3v) is 6.51. The van der Waals surface area contributed by atoms with Gasteiger partial charge in [0.05, 0.1) is 6.54 Å². The summed E-state index contributed by atoms with van der Waals surface area (Å²) >= 11 is 0. The highest BCUT2D eigenvalue weighted by molar-refractivity contribution is 5.78. The fraction of sp³-hybridized carbons (Fsp3) is 0.444. The van der Waals surface area contributed by atoms with Crippen molar-refractivity contribution in [3.63, 3.8) is 0 Å². The molecule has 5 heteroatoms. The van der Waals surface area contributed by atoms with Gasteiger partial charge in [-0.3, -0.25) is 19.5 Å². The van der Waals surface area contributed by atoms with Gasteiger partial charge in [0.1, 0.15) is 0 Å². The Labute approximate surface area is 192 Å². The van der Waals surface area contributed by atoms with E-state index in [4.69, 9.17) is 0 Å². The zero-order chi connectivity index (χ0) is 22.2. The van der Waals surface area contributed by atoms with Gasteiger partial charge in [-0.05, 0) is 18.1 Å². The van der Waals surface area contributed by atoms with Crippen LogP contribution < -0.4 is 0 Å². The zero-order valence-corrected chi connectivity index (χ0v) is 19.3. The number of carbonyl (C=O) groups excluding carboxylic acids is 1. The van der Waals surface area contributed by atoms with E-state index in [9.17, 15) is 4.79 Å². The van der Waals surface area contributed by atoms with E-state index in [0.717, 1.165) is 65.4 Å². The standard InChI is InChI=1S/C27H36N4O/c1-24-7-5-10-26(21-24)22-29-17-19-31(20-18-29)27(32)23-30-15-13-28(14-16-30)12-6-11-25-8-3-2-4-9-25/h2-11,21H,12-20,22-23H2,1H3/b11-6+. The number of hydrogen-bond donors (Lipinski definition) is 0. The molecule has 0 aromatic heterocycles. The Kier molecular flexibility index (Phi) is 8.10. The van der Waals surface area contributed by atoms with Crippen molar-refractivity contribution >= 4 is 12.0 Å². The maximum atomic E-state index is 12.8. The Balaban J connectivity index is 1.14. The second-order valence-corrected chi connectivity index (χ2v) is 9.04. The fourth-order valence-corrected chi connectivity index (χ4v) is 4.55. The molecule has 2 aromatic rings. The van der Waals surface area contributed by atoms with Gasteiger partial charge in [-0.2, -0.15) is 0 Å². The van der Waals surface area contributed by atoms with Crippen molar-refractivity contribution < 1.29 is 4.79 Å². The summed E-state index contributed by atoms with van der Waals surface area (Å²) in [6.45, 7) is 12.2. The van der Waals surface area contributed by atoms with Crippen LogP contribution in [0.25, 0.3) is 6.08 Å². The molecule has 5 nitrogen and oxygen atoms in total. The molecule has 0 radical (unpaired) electrons. The molecule has 1 amide bonds. The van der Waals surface area contributed by atoms with Crippen LogP contribution in [0.15, 0.2) is 60.7 Å². The van der Waals surface area contributed by atoms with Crippen molar-refractivity contribution in [2.45, 2.75) is 13.5 Å². The summed E-state index contributed by atoms with van der Waals surface area (Å²) in [4.78, 5) is 22.1. The van der Waals surface area contributed by atoms with E-state index in [0.29, 0.717) is 6.54 Å². The predicted molar refractivity (Wildman–Crippen MR) is 131 cm³/mol. The molecule has 0 N–H and O–H groups in total. The number of piperazine rings is 2. The van der Waals surface area contributed by atoms with Gasteiger partial charge in [0.25, 0.3) is 0 Å². The topological polar surface area (TPSA) is 30.0 Å². The summed E-state index contributed by atoms with van der Waals surface area (Å²) in [5.41, 5.74) is 3.92. The Bertz CT molecular complexity index is 882. The first-order valence-electron chi connectivity index (χ1n) is 11.9. The van der Waals surface area contributed by atoms with Crippen LogP contribution in [0.5, 0.6) is 0 Å². The smallest absolute Gasteiger partial charge is 0.236 e. The van der Waals surface area contributed by atoms with Gasteiger partial charge < -0.3 is 4.90 Å². The molecule has 0 unspecified atom stereocenters. The van der Waals surface area contributed by atoms with E-state index >= 15 is 0 Å². The molecule has 2 fully saturated rings. The molecule has 2 aromatic carbocycles. The number of rotatable bonds is 7. The minimum atomic E-state index is 0.289. The third-order valence-electron chi connectivity index (χ3n) is 6.51. The molecule has 0 bridgehead atoms. The van der Waals surface area contributed by atoms with E-state index in [1.54, 1.807) is 0 Å². The van der Waals surface area contributed by atoms with Crippen molar-refractivity contribution in [1.82, 2.24) is 19.6 Å². The summed E-state index contributed by atoms with van der Waals surface area (Å²) in [5.74, 6) is 0.289. The van der Waals surface area contributed by atoms with Crippen LogP contribution in [0.2, 0.25) is 0 Å². The van der Waals surface area contributed by atoms with Gasteiger partial charge in [0.15, 0.2) is 0 Å². The molecule has 0 saturated carbocycles. The Morgan fingerprint density at radius 2 is 1.50 bits per heavy atom. The molecule has 32 heavy (non-hydrogen) atoms. The van der Waals surface area contributed by atoms with Crippen LogP contribution in [-0.4, -0.2) is 91.0 Å². The molecule has 170 valence electrons. The lowest BCUT2D eigenvalue weighted by atomic mass is 10.1. The molecule has 2 heterocycles. The van der Waals surface area contributed by atoms with Gasteiger partial charge in [-0.25, -0.2) is 0 Å². The molecule has 4 rings (SSSR count). The Morgan fingerprint density at radius 1 is 0.812 bits per heavy atom. The lowest BCUT2D eigenvalue weighted by molar-refractivity contribution is -0.134. The number of amides is 1. The van der Waals surface area contributed by atoms with Crippen molar-refractivity contribution in [1.29, 1.82) is 0 Å². The average molecular weight is 433 g/mol. The molecular formula is C27H36N4O. The second kappa shape index (κ2) is 11.4. The molecule has 2 saturated heterocycles. The first-order chi connectivity index (χ1) is 15.7. The molecular weight excluding hydrogens is 396 g/mol. The van der Waals surface area contributed by atoms with Crippen LogP contribution in [0, 0.1) is 6.92 Å². The molecule has 0 atom stereocenters. The average Bonchev–Trinajstić information content (AvgIpc) is 2.81. The minimum absolute atomic E-state index is 0.289. The normalized spacial score (nSPS) is 19.0. The van der Waals surface area contributed by atoms with E-state index < -0.39 is 0 Å². The van der Waals surface area contributed by atoms with Gasteiger partial charge in [-0.1, -0.05) is 72.3 Å². The van der Waals surface area contributed by atoms with Crippen LogP contribution >= 0.6 is 0 Å². The number of benzene rings is 2. The second-order valence-electron chi connectivity index (χ2n) is 9.04. The van der Waals surface area contributed by atoms with Crippen LogP contribution in [0.4, 0.5) is 0 Å². The van der Waals surface area contributed by atoms with Gasteiger partial charge in [-0.15, -0.1) is 0 Å². The van der Waals surface area contributed by atoms with E-state index in [2.05, 4.69) is 87.2 Å². The number of carbonyl (C=O) groups is 1. The fourth-order valence-electron chi connectivity index (χ4n) is 4.55. The van der Waals surface area contributed by atoms with Gasteiger partial charge in [0, 0.05) is 65.4 Å². The van der Waals surface area contributed by atoms with Crippen molar-refractivity contribution in [3.05, 3.63) is 77.4 Å². The largest absolute Gasteiger partial charge is 0.339 e. The molecule has 2 aliphatic heterocycles.